The molecule has 12 nitrogen and oxygen atoms in total. The fourth-order valence-corrected chi connectivity index (χ4v) is 4.66. The molecule has 2 atom stereocenters. The van der Waals surface area contributed by atoms with Crippen LogP contribution in [-0.4, -0.2) is 68.2 Å². The van der Waals surface area contributed by atoms with E-state index in [4.69, 9.17) is 16.3 Å². The van der Waals surface area contributed by atoms with Gasteiger partial charge in [0, 0.05) is 11.1 Å². The molecule has 30 heavy (non-hydrogen) atoms. The highest BCUT2D eigenvalue weighted by molar-refractivity contribution is 8.00. The molecule has 158 valence electrons. The second kappa shape index (κ2) is 8.54. The minimum absolute atomic E-state index is 0.0828. The van der Waals surface area contributed by atoms with Gasteiger partial charge in [0.2, 0.25) is 0 Å². The molecule has 3 amide bonds. The Kier molecular flexibility index (Phi) is 6.07. The van der Waals surface area contributed by atoms with Crippen LogP contribution < -0.4 is 16.8 Å². The Balaban J connectivity index is 1.79. The number of rotatable bonds is 8. The summed E-state index contributed by atoms with van der Waals surface area (Å²) in [6, 6.07) is -0.986. The standard InChI is InChI=1S/C16H16N6O6S2/c1-2-6-4-29-14-10(13(25)22(14)11(6)15(26)27)20-12(24)9(21-28-3-8(17)23)7-5-30-16(18)19-7/h2,5,10,14H,1,3-4H2,(H2,17,23)(H2,18,19)(H,20,24)(H,26,27)/b21-9-/t10-,14-/m1/s1. The molecule has 0 saturated carbocycles. The van der Waals surface area contributed by atoms with E-state index in [9.17, 15) is 24.3 Å². The third-order valence-electron chi connectivity index (χ3n) is 4.08. The molecule has 1 aromatic heterocycles. The van der Waals surface area contributed by atoms with Gasteiger partial charge in [-0.25, -0.2) is 9.78 Å². The number of amides is 3. The lowest BCUT2D eigenvalue weighted by atomic mass is 10.0. The van der Waals surface area contributed by atoms with Crippen LogP contribution in [0.4, 0.5) is 5.13 Å². The smallest absolute Gasteiger partial charge is 0.352 e. The Hall–Kier alpha value is -3.39. The molecule has 2 aliphatic heterocycles. The lowest BCUT2D eigenvalue weighted by molar-refractivity contribution is -0.150. The molecule has 1 fully saturated rings. The first-order valence-electron chi connectivity index (χ1n) is 8.28. The summed E-state index contributed by atoms with van der Waals surface area (Å²) in [7, 11) is 0. The highest BCUT2D eigenvalue weighted by Crippen LogP contribution is 2.40. The van der Waals surface area contributed by atoms with Crippen LogP contribution in [0.2, 0.25) is 0 Å². The van der Waals surface area contributed by atoms with Gasteiger partial charge >= 0.3 is 5.97 Å². The molecular weight excluding hydrogens is 436 g/mol. The van der Waals surface area contributed by atoms with E-state index in [0.29, 0.717) is 11.3 Å². The normalized spacial score (nSPS) is 20.9. The lowest BCUT2D eigenvalue weighted by Gasteiger charge is -2.49. The van der Waals surface area contributed by atoms with Crippen LogP contribution in [0.1, 0.15) is 5.69 Å². The number of nitrogens with zero attached hydrogens (tertiary/aromatic N) is 3. The van der Waals surface area contributed by atoms with Crippen LogP contribution in [-0.2, 0) is 24.0 Å². The topological polar surface area (TPSA) is 190 Å². The number of carbonyl (C=O) groups excluding carboxylic acids is 3. The monoisotopic (exact) mass is 452 g/mol. The largest absolute Gasteiger partial charge is 0.477 e. The van der Waals surface area contributed by atoms with Crippen LogP contribution in [0.15, 0.2) is 34.5 Å². The van der Waals surface area contributed by atoms with Gasteiger partial charge in [-0.15, -0.1) is 23.1 Å². The second-order valence-electron chi connectivity index (χ2n) is 5.99. The number of oxime groups is 1. The number of primary amides is 1. The summed E-state index contributed by atoms with van der Waals surface area (Å²) in [5.41, 5.74) is 10.6. The van der Waals surface area contributed by atoms with Crippen LogP contribution in [0, 0.1) is 0 Å². The van der Waals surface area contributed by atoms with Crippen molar-refractivity contribution in [1.82, 2.24) is 15.2 Å². The number of fused-ring (bicyclic) bond motifs is 1. The van der Waals surface area contributed by atoms with Crippen molar-refractivity contribution in [2.45, 2.75) is 11.4 Å². The van der Waals surface area contributed by atoms with Gasteiger partial charge in [0.1, 0.15) is 22.8 Å². The molecule has 0 unspecified atom stereocenters. The fraction of sp³-hybridized carbons (Fsp3) is 0.250. The maximum atomic E-state index is 12.7. The zero-order chi connectivity index (χ0) is 22.0. The summed E-state index contributed by atoms with van der Waals surface area (Å²) in [4.78, 5) is 57.6. The SMILES string of the molecule is C=CC1=C(C(=O)O)N2C(=O)[C@@H](NC(=O)/C(=N\OCC(N)=O)c3csc(N)n3)[C@H]2SC1. The summed E-state index contributed by atoms with van der Waals surface area (Å²) < 4.78 is 0. The molecule has 2 aliphatic rings. The number of carbonyl (C=O) groups is 4. The predicted molar refractivity (Wildman–Crippen MR) is 108 cm³/mol. The molecule has 3 rings (SSSR count). The van der Waals surface area contributed by atoms with Crippen molar-refractivity contribution in [2.24, 2.45) is 10.9 Å². The van der Waals surface area contributed by atoms with Crippen molar-refractivity contribution < 1.29 is 29.1 Å². The number of nitrogens with one attached hydrogen (secondary N) is 1. The summed E-state index contributed by atoms with van der Waals surface area (Å²) >= 11 is 2.34. The first kappa shape index (κ1) is 21.3. The van der Waals surface area contributed by atoms with E-state index in [2.05, 4.69) is 22.0 Å². The van der Waals surface area contributed by atoms with Gasteiger partial charge in [0.25, 0.3) is 17.7 Å². The van der Waals surface area contributed by atoms with Crippen molar-refractivity contribution in [3.8, 4) is 0 Å². The number of nitrogen functional groups attached to an aromatic ring is 1. The number of aliphatic carboxylic acids is 1. The van der Waals surface area contributed by atoms with Crippen LogP contribution in [0.25, 0.3) is 0 Å². The summed E-state index contributed by atoms with van der Waals surface area (Å²) in [6.45, 7) is 3.00. The molecule has 0 bridgehead atoms. The number of thiazole rings is 1. The summed E-state index contributed by atoms with van der Waals surface area (Å²) in [5, 5.41) is 16.6. The average Bonchev–Trinajstić information content (AvgIpc) is 3.13. The quantitative estimate of drug-likeness (QED) is 0.214. The number of hydrogen-bond acceptors (Lipinski definition) is 10. The van der Waals surface area contributed by atoms with Gasteiger partial charge in [-0.3, -0.25) is 19.3 Å². The van der Waals surface area contributed by atoms with Crippen molar-refractivity contribution in [2.75, 3.05) is 18.1 Å². The predicted octanol–water partition coefficient (Wildman–Crippen LogP) is -1.14. The van der Waals surface area contributed by atoms with Crippen molar-refractivity contribution in [1.29, 1.82) is 0 Å². The molecule has 0 spiro atoms. The lowest BCUT2D eigenvalue weighted by Crippen LogP contribution is -2.71. The molecule has 1 aromatic rings. The molecule has 14 heteroatoms. The van der Waals surface area contributed by atoms with Crippen LogP contribution >= 0.6 is 23.1 Å². The zero-order valence-electron chi connectivity index (χ0n) is 15.2. The third-order valence-corrected chi connectivity index (χ3v) is 6.05. The average molecular weight is 452 g/mol. The molecule has 0 aliphatic carbocycles. The number of hydrogen-bond donors (Lipinski definition) is 4. The number of allylic oxidation sites excluding steroid dienone is 1. The van der Waals surface area contributed by atoms with Crippen molar-refractivity contribution in [3.63, 3.8) is 0 Å². The van der Waals surface area contributed by atoms with E-state index in [1.165, 1.54) is 23.2 Å². The van der Waals surface area contributed by atoms with Crippen molar-refractivity contribution >= 4 is 57.6 Å². The van der Waals surface area contributed by atoms with Gasteiger partial charge in [0.15, 0.2) is 17.5 Å². The van der Waals surface area contributed by atoms with E-state index < -0.39 is 41.7 Å². The minimum Gasteiger partial charge on any atom is -0.477 e. The molecule has 0 radical (unpaired) electrons. The number of β-lactam (4-membered cyclic amide) rings is 1. The molecule has 3 heterocycles. The number of thioether (sulfide) groups is 1. The summed E-state index contributed by atoms with van der Waals surface area (Å²) in [6.07, 6.45) is 1.39. The second-order valence-corrected chi connectivity index (χ2v) is 7.99. The van der Waals surface area contributed by atoms with Crippen LogP contribution in [0.3, 0.4) is 0 Å². The third kappa shape index (κ3) is 3.99. The van der Waals surface area contributed by atoms with Gasteiger partial charge in [0.05, 0.1) is 0 Å². The minimum atomic E-state index is -1.26. The zero-order valence-corrected chi connectivity index (χ0v) is 16.9. The van der Waals surface area contributed by atoms with Gasteiger partial charge in [-0.1, -0.05) is 17.8 Å². The number of aromatic nitrogens is 1. The van der Waals surface area contributed by atoms with E-state index >= 15 is 0 Å². The van der Waals surface area contributed by atoms with E-state index in [-0.39, 0.29) is 22.2 Å². The first-order valence-corrected chi connectivity index (χ1v) is 10.2. The molecule has 1 saturated heterocycles. The van der Waals surface area contributed by atoms with Crippen LogP contribution in [0.5, 0.6) is 0 Å². The maximum absolute atomic E-state index is 12.7. The Morgan fingerprint density at radius 1 is 1.50 bits per heavy atom. The Morgan fingerprint density at radius 2 is 2.23 bits per heavy atom. The molecular formula is C16H16N6O6S2. The Morgan fingerprint density at radius 3 is 2.80 bits per heavy atom. The number of carboxylic acid groups (broad SMARTS) is 1. The van der Waals surface area contributed by atoms with Gasteiger partial charge in [-0.05, 0) is 5.57 Å². The number of anilines is 1. The number of nitrogens with two attached hydrogens (primary N) is 2. The van der Waals surface area contributed by atoms with E-state index in [1.807, 2.05) is 0 Å². The Bertz CT molecular complexity index is 1000. The fourth-order valence-electron chi connectivity index (χ4n) is 2.77. The number of carboxylic acids is 1. The van der Waals surface area contributed by atoms with E-state index in [0.717, 1.165) is 16.2 Å². The molecule has 6 N–H and O–H groups in total. The molecule has 0 aromatic carbocycles. The van der Waals surface area contributed by atoms with Gasteiger partial charge in [-0.2, -0.15) is 0 Å². The highest BCUT2D eigenvalue weighted by Gasteiger charge is 2.54. The highest BCUT2D eigenvalue weighted by atomic mass is 32.2. The maximum Gasteiger partial charge on any atom is 0.352 e. The van der Waals surface area contributed by atoms with Crippen molar-refractivity contribution in [3.05, 3.63) is 35.0 Å². The van der Waals surface area contributed by atoms with E-state index in [1.54, 1.807) is 0 Å². The van der Waals surface area contributed by atoms with Gasteiger partial charge < -0.3 is 26.7 Å². The summed E-state index contributed by atoms with van der Waals surface area (Å²) in [5.74, 6) is -3.14. The Labute approximate surface area is 177 Å². The first-order chi connectivity index (χ1) is 14.2.